The van der Waals surface area contributed by atoms with Crippen LogP contribution in [0, 0.1) is 0 Å². The number of hydrogen-bond donors (Lipinski definition) is 1. The molecule has 0 aliphatic rings. The molecular formula is C12H9BrClNO. The average Bonchev–Trinajstić information content (AvgIpc) is 2.68. The summed E-state index contributed by atoms with van der Waals surface area (Å²) in [6, 6.07) is 5.97. The molecule has 0 aliphatic heterocycles. The van der Waals surface area contributed by atoms with Gasteiger partial charge in [0.15, 0.2) is 5.78 Å². The minimum absolute atomic E-state index is 0.0164. The highest BCUT2D eigenvalue weighted by Crippen LogP contribution is 2.23. The van der Waals surface area contributed by atoms with E-state index in [2.05, 4.69) is 20.9 Å². The largest absolute Gasteiger partial charge is 0.361 e. The summed E-state index contributed by atoms with van der Waals surface area (Å²) >= 11 is 8.84. The van der Waals surface area contributed by atoms with Crippen molar-refractivity contribution in [2.45, 2.75) is 0 Å². The standard InChI is InChI=1S/C12H9BrClNO/c13-9-2-4-12-11(5-9)8(7-15-12)1-3-10(16)6-14/h1-5,7,15H,6H2. The molecule has 0 amide bonds. The highest BCUT2D eigenvalue weighted by Gasteiger charge is 2.01. The van der Waals surface area contributed by atoms with Gasteiger partial charge in [-0.25, -0.2) is 0 Å². The molecule has 1 heterocycles. The van der Waals surface area contributed by atoms with Gasteiger partial charge in [0.05, 0.1) is 5.88 Å². The predicted octanol–water partition coefficient (Wildman–Crippen LogP) is 3.75. The third-order valence-electron chi connectivity index (χ3n) is 2.26. The van der Waals surface area contributed by atoms with Crippen molar-refractivity contribution in [2.75, 3.05) is 5.88 Å². The van der Waals surface area contributed by atoms with Crippen molar-refractivity contribution in [3.63, 3.8) is 0 Å². The van der Waals surface area contributed by atoms with Crippen LogP contribution >= 0.6 is 27.5 Å². The number of ketones is 1. The zero-order chi connectivity index (χ0) is 11.5. The van der Waals surface area contributed by atoms with E-state index in [0.29, 0.717) is 0 Å². The number of hydrogen-bond acceptors (Lipinski definition) is 1. The van der Waals surface area contributed by atoms with Crippen LogP contribution in [-0.4, -0.2) is 16.6 Å². The fourth-order valence-electron chi connectivity index (χ4n) is 1.48. The number of halogens is 2. The van der Waals surface area contributed by atoms with Crippen molar-refractivity contribution in [1.82, 2.24) is 4.98 Å². The van der Waals surface area contributed by atoms with Crippen molar-refractivity contribution < 1.29 is 4.79 Å². The van der Waals surface area contributed by atoms with Gasteiger partial charge in [-0.05, 0) is 35.9 Å². The fraction of sp³-hybridized carbons (Fsp3) is 0.0833. The second kappa shape index (κ2) is 4.85. The topological polar surface area (TPSA) is 32.9 Å². The molecule has 1 aromatic carbocycles. The molecule has 0 saturated heterocycles. The van der Waals surface area contributed by atoms with E-state index in [1.807, 2.05) is 24.4 Å². The van der Waals surface area contributed by atoms with Gasteiger partial charge in [-0.15, -0.1) is 11.6 Å². The van der Waals surface area contributed by atoms with E-state index < -0.39 is 0 Å². The van der Waals surface area contributed by atoms with Gasteiger partial charge in [0, 0.05) is 21.6 Å². The normalized spacial score (nSPS) is 11.4. The van der Waals surface area contributed by atoms with E-state index in [1.165, 1.54) is 6.08 Å². The number of rotatable bonds is 3. The van der Waals surface area contributed by atoms with Gasteiger partial charge in [-0.1, -0.05) is 15.9 Å². The zero-order valence-electron chi connectivity index (χ0n) is 8.34. The molecule has 0 bridgehead atoms. The fourth-order valence-corrected chi connectivity index (χ4v) is 1.93. The highest BCUT2D eigenvalue weighted by molar-refractivity contribution is 9.10. The summed E-state index contributed by atoms with van der Waals surface area (Å²) in [5.41, 5.74) is 2.02. The van der Waals surface area contributed by atoms with Crippen molar-refractivity contribution >= 4 is 50.3 Å². The number of H-pyrrole nitrogens is 1. The van der Waals surface area contributed by atoms with E-state index in [-0.39, 0.29) is 11.7 Å². The Bertz CT molecular complexity index is 559. The summed E-state index contributed by atoms with van der Waals surface area (Å²) in [5, 5.41) is 1.08. The number of allylic oxidation sites excluding steroid dienone is 1. The van der Waals surface area contributed by atoms with Gasteiger partial charge in [-0.2, -0.15) is 0 Å². The minimum Gasteiger partial charge on any atom is -0.361 e. The molecule has 1 N–H and O–H groups in total. The Balaban J connectivity index is 2.41. The Morgan fingerprint density at radius 2 is 2.31 bits per heavy atom. The Morgan fingerprint density at radius 3 is 3.06 bits per heavy atom. The van der Waals surface area contributed by atoms with E-state index in [9.17, 15) is 4.79 Å². The van der Waals surface area contributed by atoms with Gasteiger partial charge in [-0.3, -0.25) is 4.79 Å². The maximum Gasteiger partial charge on any atom is 0.170 e. The first-order chi connectivity index (χ1) is 7.70. The van der Waals surface area contributed by atoms with Crippen LogP contribution in [0.5, 0.6) is 0 Å². The van der Waals surface area contributed by atoms with Gasteiger partial charge in [0.2, 0.25) is 0 Å². The van der Waals surface area contributed by atoms with Gasteiger partial charge >= 0.3 is 0 Å². The van der Waals surface area contributed by atoms with Gasteiger partial charge < -0.3 is 4.98 Å². The lowest BCUT2D eigenvalue weighted by Gasteiger charge is -1.93. The first-order valence-corrected chi connectivity index (χ1v) is 6.07. The molecule has 0 aliphatic carbocycles. The van der Waals surface area contributed by atoms with Gasteiger partial charge in [0.1, 0.15) is 0 Å². The van der Waals surface area contributed by atoms with Crippen LogP contribution in [0.1, 0.15) is 5.56 Å². The molecule has 4 heteroatoms. The summed E-state index contributed by atoms with van der Waals surface area (Å²) < 4.78 is 1.01. The van der Waals surface area contributed by atoms with Crippen LogP contribution < -0.4 is 0 Å². The first kappa shape index (κ1) is 11.4. The number of fused-ring (bicyclic) bond motifs is 1. The van der Waals surface area contributed by atoms with E-state index in [0.717, 1.165) is 20.9 Å². The van der Waals surface area contributed by atoms with Crippen LogP contribution in [0.15, 0.2) is 34.9 Å². The lowest BCUT2D eigenvalue weighted by atomic mass is 10.1. The maximum absolute atomic E-state index is 11.1. The summed E-state index contributed by atoms with van der Waals surface area (Å²) in [6.07, 6.45) is 5.14. The lowest BCUT2D eigenvalue weighted by molar-refractivity contribution is -0.112. The number of alkyl halides is 1. The second-order valence-electron chi connectivity index (χ2n) is 3.37. The zero-order valence-corrected chi connectivity index (χ0v) is 10.7. The molecule has 16 heavy (non-hydrogen) atoms. The molecule has 0 radical (unpaired) electrons. The molecule has 0 fully saturated rings. The number of aromatic amines is 1. The molecule has 82 valence electrons. The number of aromatic nitrogens is 1. The molecular weight excluding hydrogens is 289 g/mol. The number of benzene rings is 1. The van der Waals surface area contributed by atoms with Crippen molar-refractivity contribution in [3.8, 4) is 0 Å². The molecule has 0 spiro atoms. The van der Waals surface area contributed by atoms with Crippen molar-refractivity contribution in [2.24, 2.45) is 0 Å². The Morgan fingerprint density at radius 1 is 1.50 bits per heavy atom. The third-order valence-corrected chi connectivity index (χ3v) is 3.01. The predicted molar refractivity (Wildman–Crippen MR) is 70.8 cm³/mol. The molecule has 0 unspecified atom stereocenters. The van der Waals surface area contributed by atoms with Crippen LogP contribution in [0.4, 0.5) is 0 Å². The van der Waals surface area contributed by atoms with E-state index in [4.69, 9.17) is 11.6 Å². The van der Waals surface area contributed by atoms with Crippen LogP contribution in [0.25, 0.3) is 17.0 Å². The Hall–Kier alpha value is -1.06. The molecule has 2 aromatic rings. The molecule has 1 aromatic heterocycles. The SMILES string of the molecule is O=C(C=Cc1c[nH]c2ccc(Br)cc12)CCl. The molecule has 0 atom stereocenters. The van der Waals surface area contributed by atoms with Crippen LogP contribution in [0.2, 0.25) is 0 Å². The number of carbonyl (C=O) groups is 1. The summed E-state index contributed by atoms with van der Waals surface area (Å²) in [5.74, 6) is -0.0752. The monoisotopic (exact) mass is 297 g/mol. The lowest BCUT2D eigenvalue weighted by Crippen LogP contribution is -1.91. The molecule has 2 rings (SSSR count). The summed E-state index contributed by atoms with van der Waals surface area (Å²) in [6.45, 7) is 0. The third kappa shape index (κ3) is 2.36. The summed E-state index contributed by atoms with van der Waals surface area (Å²) in [4.78, 5) is 14.2. The quantitative estimate of drug-likeness (QED) is 0.679. The highest BCUT2D eigenvalue weighted by atomic mass is 79.9. The van der Waals surface area contributed by atoms with Crippen molar-refractivity contribution in [1.29, 1.82) is 0 Å². The summed E-state index contributed by atoms with van der Waals surface area (Å²) in [7, 11) is 0. The number of carbonyl (C=O) groups excluding carboxylic acids is 1. The van der Waals surface area contributed by atoms with E-state index >= 15 is 0 Å². The smallest absolute Gasteiger partial charge is 0.170 e. The number of nitrogens with one attached hydrogen (secondary N) is 1. The Kier molecular flexibility index (Phi) is 3.46. The van der Waals surface area contributed by atoms with E-state index in [1.54, 1.807) is 6.08 Å². The second-order valence-corrected chi connectivity index (χ2v) is 4.55. The maximum atomic E-state index is 11.1. The van der Waals surface area contributed by atoms with Crippen molar-refractivity contribution in [3.05, 3.63) is 40.5 Å². The van der Waals surface area contributed by atoms with Crippen LogP contribution in [0.3, 0.4) is 0 Å². The minimum atomic E-state index is -0.0917. The molecule has 2 nitrogen and oxygen atoms in total. The first-order valence-electron chi connectivity index (χ1n) is 4.74. The average molecular weight is 299 g/mol. The Labute approximate surface area is 106 Å². The van der Waals surface area contributed by atoms with Gasteiger partial charge in [0.25, 0.3) is 0 Å². The molecule has 0 saturated carbocycles. The van der Waals surface area contributed by atoms with Crippen LogP contribution in [-0.2, 0) is 4.79 Å².